The van der Waals surface area contributed by atoms with Gasteiger partial charge in [-0.3, -0.25) is 4.79 Å². The number of carbonyl (C=O) groups excluding carboxylic acids is 1. The molecule has 5 heteroatoms. The summed E-state index contributed by atoms with van der Waals surface area (Å²) in [5.41, 5.74) is 0.875. The summed E-state index contributed by atoms with van der Waals surface area (Å²) in [6.07, 6.45) is 24.0. The van der Waals surface area contributed by atoms with Gasteiger partial charge in [0.2, 0.25) is 0 Å². The standard InChI is InChI=1S/C31H54O5/c1-2-3-4-5-6-7-8-9-10-11-12-13-14-15-16-17-18-21-28(32)26-31(35)36-24-19-20-27-22-23-29(33)30(34)25-27/h22-23,25,28,32-34H,2-21,24,26H2,1H3/t28-/m0/s1. The summed E-state index contributed by atoms with van der Waals surface area (Å²) in [7, 11) is 0. The van der Waals surface area contributed by atoms with E-state index in [9.17, 15) is 20.1 Å². The van der Waals surface area contributed by atoms with Gasteiger partial charge in [0.25, 0.3) is 0 Å². The number of carbonyl (C=O) groups is 1. The second-order valence-electron chi connectivity index (χ2n) is 10.5. The van der Waals surface area contributed by atoms with Crippen LogP contribution < -0.4 is 0 Å². The minimum absolute atomic E-state index is 0.0544. The minimum atomic E-state index is -0.622. The number of aromatic hydroxyl groups is 2. The predicted molar refractivity (Wildman–Crippen MR) is 148 cm³/mol. The predicted octanol–water partition coefficient (Wildman–Crippen LogP) is 8.37. The fourth-order valence-corrected chi connectivity index (χ4v) is 4.65. The Labute approximate surface area is 220 Å². The van der Waals surface area contributed by atoms with Crippen LogP contribution >= 0.6 is 0 Å². The number of hydrogen-bond acceptors (Lipinski definition) is 5. The number of unbranched alkanes of at least 4 members (excludes halogenated alkanes) is 16. The van der Waals surface area contributed by atoms with Gasteiger partial charge in [0, 0.05) is 0 Å². The fraction of sp³-hybridized carbons (Fsp3) is 0.774. The minimum Gasteiger partial charge on any atom is -0.504 e. The van der Waals surface area contributed by atoms with Crippen molar-refractivity contribution < 1.29 is 24.9 Å². The number of aliphatic hydroxyl groups excluding tert-OH is 1. The van der Waals surface area contributed by atoms with E-state index in [-0.39, 0.29) is 30.5 Å². The molecule has 0 aliphatic carbocycles. The molecule has 1 aromatic carbocycles. The van der Waals surface area contributed by atoms with Crippen LogP contribution in [0, 0.1) is 0 Å². The summed E-state index contributed by atoms with van der Waals surface area (Å²) in [4.78, 5) is 11.9. The molecular formula is C31H54O5. The van der Waals surface area contributed by atoms with Crippen LogP contribution in [0.3, 0.4) is 0 Å². The number of phenols is 2. The molecule has 36 heavy (non-hydrogen) atoms. The molecule has 0 unspecified atom stereocenters. The van der Waals surface area contributed by atoms with Gasteiger partial charge in [0.05, 0.1) is 19.1 Å². The summed E-state index contributed by atoms with van der Waals surface area (Å²) < 4.78 is 5.21. The van der Waals surface area contributed by atoms with Crippen LogP contribution in [0.1, 0.15) is 141 Å². The molecule has 5 nitrogen and oxygen atoms in total. The zero-order valence-corrected chi connectivity index (χ0v) is 23.0. The molecule has 0 radical (unpaired) electrons. The lowest BCUT2D eigenvalue weighted by molar-refractivity contribution is -0.146. The number of rotatable bonds is 24. The average molecular weight is 507 g/mol. The van der Waals surface area contributed by atoms with Crippen molar-refractivity contribution in [2.75, 3.05) is 6.61 Å². The molecule has 0 aromatic heterocycles. The van der Waals surface area contributed by atoms with Crippen molar-refractivity contribution in [3.05, 3.63) is 23.8 Å². The van der Waals surface area contributed by atoms with Crippen molar-refractivity contribution >= 4 is 5.97 Å². The fourth-order valence-electron chi connectivity index (χ4n) is 4.65. The van der Waals surface area contributed by atoms with Crippen LogP contribution in [0.5, 0.6) is 11.5 Å². The Bertz CT molecular complexity index is 660. The molecule has 0 heterocycles. The molecule has 208 valence electrons. The van der Waals surface area contributed by atoms with Crippen molar-refractivity contribution in [1.82, 2.24) is 0 Å². The Balaban J connectivity index is 1.83. The molecule has 1 atom stereocenters. The number of benzene rings is 1. The Morgan fingerprint density at radius 2 is 1.22 bits per heavy atom. The number of aliphatic hydroxyl groups is 1. The topological polar surface area (TPSA) is 87.0 Å². The van der Waals surface area contributed by atoms with Crippen molar-refractivity contribution in [2.24, 2.45) is 0 Å². The Hall–Kier alpha value is -1.75. The van der Waals surface area contributed by atoms with Gasteiger partial charge in [0.15, 0.2) is 11.5 Å². The normalized spacial score (nSPS) is 12.1. The van der Waals surface area contributed by atoms with E-state index >= 15 is 0 Å². The SMILES string of the molecule is CCCCCCCCCCCCCCCCCCC[C@H](O)CC(=O)OCCCc1ccc(O)c(O)c1. The summed E-state index contributed by atoms with van der Waals surface area (Å²) in [6.45, 7) is 2.56. The maximum Gasteiger partial charge on any atom is 0.308 e. The lowest BCUT2D eigenvalue weighted by Gasteiger charge is -2.10. The highest BCUT2D eigenvalue weighted by Crippen LogP contribution is 2.25. The van der Waals surface area contributed by atoms with Crippen LogP contribution in [0.4, 0.5) is 0 Å². The monoisotopic (exact) mass is 506 g/mol. The zero-order valence-electron chi connectivity index (χ0n) is 23.0. The molecule has 0 saturated carbocycles. The molecule has 0 amide bonds. The molecule has 1 rings (SSSR count). The van der Waals surface area contributed by atoms with Crippen LogP contribution in [0.15, 0.2) is 18.2 Å². The Morgan fingerprint density at radius 3 is 1.72 bits per heavy atom. The van der Waals surface area contributed by atoms with Crippen LogP contribution in [-0.4, -0.2) is 34.0 Å². The molecule has 0 aliphatic heterocycles. The maximum atomic E-state index is 11.9. The van der Waals surface area contributed by atoms with Crippen LogP contribution in [0.25, 0.3) is 0 Å². The van der Waals surface area contributed by atoms with E-state index in [1.165, 1.54) is 108 Å². The highest BCUT2D eigenvalue weighted by Gasteiger charge is 2.12. The molecule has 0 fully saturated rings. The third kappa shape index (κ3) is 18.5. The van der Waals surface area contributed by atoms with Crippen molar-refractivity contribution in [2.45, 2.75) is 148 Å². The molecular weight excluding hydrogens is 452 g/mol. The van der Waals surface area contributed by atoms with Crippen LogP contribution in [0.2, 0.25) is 0 Å². The van der Waals surface area contributed by atoms with Gasteiger partial charge in [-0.2, -0.15) is 0 Å². The van der Waals surface area contributed by atoms with Gasteiger partial charge in [-0.05, 0) is 37.0 Å². The van der Waals surface area contributed by atoms with E-state index < -0.39 is 6.10 Å². The van der Waals surface area contributed by atoms with Crippen molar-refractivity contribution in [3.8, 4) is 11.5 Å². The summed E-state index contributed by atoms with van der Waals surface area (Å²) in [5.74, 6) is -0.640. The number of aryl methyl sites for hydroxylation is 1. The molecule has 0 spiro atoms. The molecule has 0 bridgehead atoms. The van der Waals surface area contributed by atoms with Gasteiger partial charge in [-0.15, -0.1) is 0 Å². The first-order valence-electron chi connectivity index (χ1n) is 14.9. The number of phenolic OH excluding ortho intramolecular Hbond substituents is 2. The molecule has 0 saturated heterocycles. The lowest BCUT2D eigenvalue weighted by Crippen LogP contribution is -2.16. The summed E-state index contributed by atoms with van der Waals surface area (Å²) >= 11 is 0. The van der Waals surface area contributed by atoms with Gasteiger partial charge in [-0.1, -0.05) is 122 Å². The largest absolute Gasteiger partial charge is 0.504 e. The van der Waals surface area contributed by atoms with Gasteiger partial charge in [0.1, 0.15) is 0 Å². The maximum absolute atomic E-state index is 11.9. The van der Waals surface area contributed by atoms with Gasteiger partial charge < -0.3 is 20.1 Å². The van der Waals surface area contributed by atoms with Gasteiger partial charge >= 0.3 is 5.97 Å². The highest BCUT2D eigenvalue weighted by molar-refractivity contribution is 5.69. The first-order chi connectivity index (χ1) is 17.5. The van der Waals surface area contributed by atoms with E-state index in [0.717, 1.165) is 18.4 Å². The molecule has 1 aromatic rings. The quantitative estimate of drug-likeness (QED) is 0.0744. The zero-order chi connectivity index (χ0) is 26.3. The van der Waals surface area contributed by atoms with E-state index in [0.29, 0.717) is 19.3 Å². The van der Waals surface area contributed by atoms with E-state index in [1.54, 1.807) is 6.07 Å². The average Bonchev–Trinajstić information content (AvgIpc) is 2.86. The van der Waals surface area contributed by atoms with Gasteiger partial charge in [-0.25, -0.2) is 0 Å². The highest BCUT2D eigenvalue weighted by atomic mass is 16.5. The molecule has 3 N–H and O–H groups in total. The lowest BCUT2D eigenvalue weighted by atomic mass is 10.0. The van der Waals surface area contributed by atoms with E-state index in [4.69, 9.17) is 4.74 Å². The Kier molecular flexibility index (Phi) is 20.1. The second kappa shape index (κ2) is 22.4. The first kappa shape index (κ1) is 32.3. The third-order valence-corrected chi connectivity index (χ3v) is 6.96. The van der Waals surface area contributed by atoms with Crippen molar-refractivity contribution in [1.29, 1.82) is 0 Å². The smallest absolute Gasteiger partial charge is 0.308 e. The summed E-state index contributed by atoms with van der Waals surface area (Å²) in [5, 5.41) is 28.9. The second-order valence-corrected chi connectivity index (χ2v) is 10.5. The molecule has 0 aliphatic rings. The number of ether oxygens (including phenoxy) is 1. The third-order valence-electron chi connectivity index (χ3n) is 6.96. The first-order valence-corrected chi connectivity index (χ1v) is 14.9. The van der Waals surface area contributed by atoms with Crippen molar-refractivity contribution in [3.63, 3.8) is 0 Å². The number of esters is 1. The van der Waals surface area contributed by atoms with Crippen LogP contribution in [-0.2, 0) is 16.0 Å². The number of hydrogen-bond donors (Lipinski definition) is 3. The summed E-state index contributed by atoms with van der Waals surface area (Å²) in [6, 6.07) is 4.70. The van der Waals surface area contributed by atoms with E-state index in [2.05, 4.69) is 6.92 Å². The Morgan fingerprint density at radius 1 is 0.722 bits per heavy atom. The van der Waals surface area contributed by atoms with E-state index in [1.807, 2.05) is 0 Å².